The molecule has 1 fully saturated rings. The van der Waals surface area contributed by atoms with Gasteiger partial charge in [0.2, 0.25) is 5.95 Å². The van der Waals surface area contributed by atoms with Gasteiger partial charge in [0, 0.05) is 12.7 Å². The van der Waals surface area contributed by atoms with Crippen LogP contribution in [0.4, 0.5) is 5.95 Å². The zero-order valence-corrected chi connectivity index (χ0v) is 11.2. The maximum Gasteiger partial charge on any atom is 0.243 e. The second kappa shape index (κ2) is 4.64. The molecule has 1 saturated carbocycles. The number of nitrogens with one attached hydrogen (secondary N) is 1. The van der Waals surface area contributed by atoms with Crippen molar-refractivity contribution in [3.05, 3.63) is 22.8 Å². The third kappa shape index (κ3) is 2.29. The molecule has 0 spiro atoms. The van der Waals surface area contributed by atoms with Crippen LogP contribution in [0, 0.1) is 5.92 Å². The molecule has 0 radical (unpaired) electrons. The van der Waals surface area contributed by atoms with Crippen molar-refractivity contribution in [1.29, 1.82) is 0 Å². The van der Waals surface area contributed by atoms with E-state index in [2.05, 4.69) is 31.3 Å². The Kier molecular flexibility index (Phi) is 3.01. The first-order valence-corrected chi connectivity index (χ1v) is 6.87. The number of rotatable bonds is 3. The fraction of sp³-hybridized carbons (Fsp3) is 0.500. The molecule has 4 nitrogen and oxygen atoms in total. The first-order chi connectivity index (χ1) is 8.33. The molecule has 2 heterocycles. The molecule has 0 aromatic carbocycles. The lowest BCUT2D eigenvalue weighted by atomic mass is 10.1. The first kappa shape index (κ1) is 11.0. The van der Waals surface area contributed by atoms with Crippen LogP contribution >= 0.6 is 15.9 Å². The van der Waals surface area contributed by atoms with Gasteiger partial charge in [-0.1, -0.05) is 12.8 Å². The molecule has 90 valence electrons. The Bertz CT molecular complexity index is 516. The van der Waals surface area contributed by atoms with Crippen molar-refractivity contribution in [3.63, 3.8) is 0 Å². The van der Waals surface area contributed by atoms with Crippen LogP contribution in [0.25, 0.3) is 5.65 Å². The minimum Gasteiger partial charge on any atom is -0.353 e. The number of fused-ring (bicyclic) bond motifs is 1. The highest BCUT2D eigenvalue weighted by Crippen LogP contribution is 2.24. The van der Waals surface area contributed by atoms with Gasteiger partial charge in [-0.05, 0) is 46.8 Å². The number of nitrogens with zero attached hydrogens (tertiary/aromatic N) is 3. The van der Waals surface area contributed by atoms with Crippen molar-refractivity contribution < 1.29 is 0 Å². The summed E-state index contributed by atoms with van der Waals surface area (Å²) >= 11 is 3.48. The van der Waals surface area contributed by atoms with E-state index in [-0.39, 0.29) is 0 Å². The Balaban J connectivity index is 1.74. The van der Waals surface area contributed by atoms with E-state index < -0.39 is 0 Å². The molecule has 1 N–H and O–H groups in total. The van der Waals surface area contributed by atoms with E-state index in [1.165, 1.54) is 25.7 Å². The van der Waals surface area contributed by atoms with Crippen LogP contribution in [-0.2, 0) is 0 Å². The van der Waals surface area contributed by atoms with Crippen LogP contribution in [0.3, 0.4) is 0 Å². The van der Waals surface area contributed by atoms with Gasteiger partial charge in [-0.3, -0.25) is 0 Å². The molecule has 2 aromatic heterocycles. The molecular formula is C12H15BrN4. The number of halogens is 1. The van der Waals surface area contributed by atoms with Gasteiger partial charge < -0.3 is 5.32 Å². The molecule has 0 unspecified atom stereocenters. The molecule has 0 aliphatic heterocycles. The standard InChI is InChI=1S/C12H15BrN4/c13-10-6-3-7-17-11(10)15-12(16-17)14-8-9-4-1-2-5-9/h3,6-7,9H,1-2,4-5,8H2,(H,14,16). The number of anilines is 1. The van der Waals surface area contributed by atoms with Gasteiger partial charge in [-0.25, -0.2) is 4.52 Å². The Morgan fingerprint density at radius 2 is 2.24 bits per heavy atom. The van der Waals surface area contributed by atoms with Crippen molar-refractivity contribution in [3.8, 4) is 0 Å². The third-order valence-electron chi connectivity index (χ3n) is 3.34. The summed E-state index contributed by atoms with van der Waals surface area (Å²) in [5.41, 5.74) is 0.862. The minimum atomic E-state index is 0.726. The normalized spacial score (nSPS) is 16.8. The van der Waals surface area contributed by atoms with E-state index in [0.29, 0.717) is 0 Å². The molecule has 0 atom stereocenters. The predicted molar refractivity (Wildman–Crippen MR) is 71.1 cm³/mol. The van der Waals surface area contributed by atoms with Crippen molar-refractivity contribution in [2.45, 2.75) is 25.7 Å². The molecule has 0 bridgehead atoms. The zero-order chi connectivity index (χ0) is 11.7. The Hall–Kier alpha value is -1.10. The highest BCUT2D eigenvalue weighted by molar-refractivity contribution is 9.10. The summed E-state index contributed by atoms with van der Waals surface area (Å²) in [6, 6.07) is 3.93. The quantitative estimate of drug-likeness (QED) is 0.946. The maximum absolute atomic E-state index is 4.47. The maximum atomic E-state index is 4.47. The summed E-state index contributed by atoms with van der Waals surface area (Å²) in [5, 5.41) is 7.74. The van der Waals surface area contributed by atoms with Crippen molar-refractivity contribution in [1.82, 2.24) is 14.6 Å². The van der Waals surface area contributed by atoms with E-state index in [4.69, 9.17) is 0 Å². The molecule has 1 aliphatic rings. The van der Waals surface area contributed by atoms with Crippen molar-refractivity contribution in [2.75, 3.05) is 11.9 Å². The molecular weight excluding hydrogens is 280 g/mol. The predicted octanol–water partition coefficient (Wildman–Crippen LogP) is 3.09. The van der Waals surface area contributed by atoms with Crippen LogP contribution in [0.1, 0.15) is 25.7 Å². The third-order valence-corrected chi connectivity index (χ3v) is 3.96. The van der Waals surface area contributed by atoms with Crippen LogP contribution in [-0.4, -0.2) is 21.1 Å². The van der Waals surface area contributed by atoms with Gasteiger partial charge in [-0.15, -0.1) is 5.10 Å². The Morgan fingerprint density at radius 3 is 3.00 bits per heavy atom. The van der Waals surface area contributed by atoms with Crippen LogP contribution in [0.2, 0.25) is 0 Å². The highest BCUT2D eigenvalue weighted by atomic mass is 79.9. The summed E-state index contributed by atoms with van der Waals surface area (Å²) < 4.78 is 2.77. The Morgan fingerprint density at radius 1 is 1.41 bits per heavy atom. The van der Waals surface area contributed by atoms with E-state index in [1.54, 1.807) is 4.52 Å². The fourth-order valence-electron chi connectivity index (χ4n) is 2.40. The average Bonchev–Trinajstić information content (AvgIpc) is 2.95. The molecule has 2 aromatic rings. The number of aromatic nitrogens is 3. The summed E-state index contributed by atoms with van der Waals surface area (Å²) in [7, 11) is 0. The lowest BCUT2D eigenvalue weighted by Crippen LogP contribution is -2.11. The largest absolute Gasteiger partial charge is 0.353 e. The molecule has 0 amide bonds. The monoisotopic (exact) mass is 294 g/mol. The molecule has 3 rings (SSSR count). The van der Waals surface area contributed by atoms with Crippen molar-refractivity contribution in [2.24, 2.45) is 5.92 Å². The summed E-state index contributed by atoms with van der Waals surface area (Å²) in [5.74, 6) is 1.52. The average molecular weight is 295 g/mol. The molecule has 1 aliphatic carbocycles. The summed E-state index contributed by atoms with van der Waals surface area (Å²) in [4.78, 5) is 4.47. The first-order valence-electron chi connectivity index (χ1n) is 6.08. The smallest absolute Gasteiger partial charge is 0.243 e. The number of hydrogen-bond donors (Lipinski definition) is 1. The zero-order valence-electron chi connectivity index (χ0n) is 9.56. The Labute approximate surface area is 109 Å². The van der Waals surface area contributed by atoms with Gasteiger partial charge in [0.1, 0.15) is 0 Å². The second-order valence-electron chi connectivity index (χ2n) is 4.59. The fourth-order valence-corrected chi connectivity index (χ4v) is 2.82. The van der Waals surface area contributed by atoms with E-state index in [1.807, 2.05) is 18.3 Å². The minimum absolute atomic E-state index is 0.726. The molecule has 5 heteroatoms. The van der Waals surface area contributed by atoms with E-state index in [0.717, 1.165) is 28.5 Å². The van der Waals surface area contributed by atoms with Crippen LogP contribution < -0.4 is 5.32 Å². The lowest BCUT2D eigenvalue weighted by Gasteiger charge is -2.07. The number of pyridine rings is 1. The second-order valence-corrected chi connectivity index (χ2v) is 5.45. The van der Waals surface area contributed by atoms with Gasteiger partial charge in [0.25, 0.3) is 0 Å². The highest BCUT2D eigenvalue weighted by Gasteiger charge is 2.15. The summed E-state index contributed by atoms with van der Waals surface area (Å²) in [6.45, 7) is 0.995. The van der Waals surface area contributed by atoms with E-state index >= 15 is 0 Å². The lowest BCUT2D eigenvalue weighted by molar-refractivity contribution is 0.577. The topological polar surface area (TPSA) is 42.2 Å². The molecule has 17 heavy (non-hydrogen) atoms. The number of hydrogen-bond acceptors (Lipinski definition) is 3. The summed E-state index contributed by atoms with van der Waals surface area (Å²) in [6.07, 6.45) is 7.33. The van der Waals surface area contributed by atoms with Crippen molar-refractivity contribution >= 4 is 27.5 Å². The van der Waals surface area contributed by atoms with Gasteiger partial charge >= 0.3 is 0 Å². The molecule has 0 saturated heterocycles. The van der Waals surface area contributed by atoms with Crippen LogP contribution in [0.5, 0.6) is 0 Å². The SMILES string of the molecule is Brc1cccn2nc(NCC3CCCC3)nc12. The van der Waals surface area contributed by atoms with E-state index in [9.17, 15) is 0 Å². The van der Waals surface area contributed by atoms with Crippen LogP contribution in [0.15, 0.2) is 22.8 Å². The van der Waals surface area contributed by atoms with Gasteiger partial charge in [0.05, 0.1) is 4.47 Å². The van der Waals surface area contributed by atoms with Gasteiger partial charge in [0.15, 0.2) is 5.65 Å². The van der Waals surface area contributed by atoms with Gasteiger partial charge in [-0.2, -0.15) is 4.98 Å².